The van der Waals surface area contributed by atoms with Crippen molar-refractivity contribution in [1.29, 1.82) is 0 Å². The third kappa shape index (κ3) is 4.94. The Balaban J connectivity index is 2.06. The molecule has 2 rings (SSSR count). The minimum absolute atomic E-state index is 0.0212. The number of aliphatic hydroxyl groups is 2. The van der Waals surface area contributed by atoms with Gasteiger partial charge in [0.25, 0.3) is 5.79 Å². The van der Waals surface area contributed by atoms with Crippen molar-refractivity contribution >= 4 is 23.3 Å². The average molecular weight is 350 g/mol. The Morgan fingerprint density at radius 3 is 2.04 bits per heavy atom. The van der Waals surface area contributed by atoms with E-state index in [-0.39, 0.29) is 18.8 Å². The molecule has 136 valence electrons. The van der Waals surface area contributed by atoms with Crippen LogP contribution in [0.2, 0.25) is 0 Å². The number of hydrogen-bond donors (Lipinski definition) is 3. The Morgan fingerprint density at radius 2 is 1.56 bits per heavy atom. The van der Waals surface area contributed by atoms with Crippen LogP contribution in [0.4, 0.5) is 11.4 Å². The van der Waals surface area contributed by atoms with Crippen molar-refractivity contribution in [2.24, 2.45) is 0 Å². The molecule has 0 bridgehead atoms. The van der Waals surface area contributed by atoms with Gasteiger partial charge in [0.15, 0.2) is 5.57 Å². The zero-order chi connectivity index (χ0) is 18.4. The lowest BCUT2D eigenvalue weighted by molar-refractivity contribution is -0.222. The van der Waals surface area contributed by atoms with Crippen LogP contribution in [0.15, 0.2) is 36.0 Å². The van der Waals surface area contributed by atoms with Crippen LogP contribution in [0.5, 0.6) is 0 Å². The molecule has 25 heavy (non-hydrogen) atoms. The summed E-state index contributed by atoms with van der Waals surface area (Å²) >= 11 is 0. The van der Waals surface area contributed by atoms with Crippen molar-refractivity contribution < 1.29 is 29.3 Å². The third-order valence-electron chi connectivity index (χ3n) is 3.47. The molecule has 1 fully saturated rings. The molecule has 1 aliphatic rings. The summed E-state index contributed by atoms with van der Waals surface area (Å²) in [6, 6.07) is 7.09. The standard InChI is InChI=1S/C17H22N2O6/c1-17(2)24-15(22)14(16(23)25-17)11-18-12-3-5-13(6-4-12)19(7-9-20)8-10-21/h3-6,11,18,20-21H,7-10H2,1-2H3. The second-order valence-corrected chi connectivity index (χ2v) is 5.86. The first-order valence-electron chi connectivity index (χ1n) is 7.86. The van der Waals surface area contributed by atoms with E-state index in [1.807, 2.05) is 4.90 Å². The fraction of sp³-hybridized carbons (Fsp3) is 0.412. The molecule has 0 aliphatic carbocycles. The van der Waals surface area contributed by atoms with Gasteiger partial charge in [0.2, 0.25) is 0 Å². The van der Waals surface area contributed by atoms with Crippen LogP contribution in [-0.4, -0.2) is 54.2 Å². The molecule has 1 aliphatic heterocycles. The second-order valence-electron chi connectivity index (χ2n) is 5.86. The first kappa shape index (κ1) is 18.8. The quantitative estimate of drug-likeness (QED) is 0.373. The zero-order valence-electron chi connectivity index (χ0n) is 14.2. The Kier molecular flexibility index (Phi) is 6.00. The molecular formula is C17H22N2O6. The number of anilines is 2. The topological polar surface area (TPSA) is 108 Å². The lowest BCUT2D eigenvalue weighted by Gasteiger charge is -2.29. The van der Waals surface area contributed by atoms with Crippen molar-refractivity contribution in [2.75, 3.05) is 36.5 Å². The Hall–Kier alpha value is -2.58. The lowest BCUT2D eigenvalue weighted by Crippen LogP contribution is -2.42. The highest BCUT2D eigenvalue weighted by Crippen LogP contribution is 2.23. The number of esters is 2. The molecule has 0 aromatic heterocycles. The van der Waals surface area contributed by atoms with Gasteiger partial charge in [-0.1, -0.05) is 0 Å². The van der Waals surface area contributed by atoms with Crippen LogP contribution in [-0.2, 0) is 19.1 Å². The molecule has 8 heteroatoms. The predicted molar refractivity (Wildman–Crippen MR) is 90.8 cm³/mol. The largest absolute Gasteiger partial charge is 0.419 e. The number of aliphatic hydroxyl groups excluding tert-OH is 2. The second kappa shape index (κ2) is 8.00. The number of cyclic esters (lactones) is 2. The van der Waals surface area contributed by atoms with Gasteiger partial charge >= 0.3 is 11.9 Å². The molecule has 0 unspecified atom stereocenters. The summed E-state index contributed by atoms with van der Waals surface area (Å²) in [4.78, 5) is 25.5. The molecule has 0 spiro atoms. The maximum atomic E-state index is 11.8. The molecule has 1 saturated heterocycles. The molecule has 0 amide bonds. The SMILES string of the molecule is CC1(C)OC(=O)C(=CNc2ccc(N(CCO)CCO)cc2)C(=O)O1. The smallest absolute Gasteiger partial charge is 0.350 e. The van der Waals surface area contributed by atoms with Gasteiger partial charge in [0, 0.05) is 44.5 Å². The fourth-order valence-corrected chi connectivity index (χ4v) is 2.31. The zero-order valence-corrected chi connectivity index (χ0v) is 14.2. The fourth-order valence-electron chi connectivity index (χ4n) is 2.31. The van der Waals surface area contributed by atoms with Gasteiger partial charge in [-0.15, -0.1) is 0 Å². The van der Waals surface area contributed by atoms with E-state index >= 15 is 0 Å². The van der Waals surface area contributed by atoms with E-state index in [4.69, 9.17) is 19.7 Å². The first-order chi connectivity index (χ1) is 11.9. The molecule has 0 saturated carbocycles. The summed E-state index contributed by atoms with van der Waals surface area (Å²) in [5.41, 5.74) is 1.26. The van der Waals surface area contributed by atoms with Gasteiger partial charge in [-0.25, -0.2) is 9.59 Å². The number of carbonyl (C=O) groups excluding carboxylic acids is 2. The van der Waals surface area contributed by atoms with Crippen molar-refractivity contribution in [2.45, 2.75) is 19.6 Å². The summed E-state index contributed by atoms with van der Waals surface area (Å²) in [6.07, 6.45) is 1.24. The van der Waals surface area contributed by atoms with E-state index in [2.05, 4.69) is 5.32 Å². The van der Waals surface area contributed by atoms with Crippen molar-refractivity contribution in [3.63, 3.8) is 0 Å². The predicted octanol–water partition coefficient (Wildman–Crippen LogP) is 0.610. The molecule has 0 radical (unpaired) electrons. The van der Waals surface area contributed by atoms with Crippen LogP contribution in [0.3, 0.4) is 0 Å². The van der Waals surface area contributed by atoms with Crippen molar-refractivity contribution in [3.05, 3.63) is 36.0 Å². The van der Waals surface area contributed by atoms with Crippen LogP contribution >= 0.6 is 0 Å². The monoisotopic (exact) mass is 350 g/mol. The molecule has 0 atom stereocenters. The minimum atomic E-state index is -1.27. The molecular weight excluding hydrogens is 328 g/mol. The average Bonchev–Trinajstić information content (AvgIpc) is 2.53. The Morgan fingerprint density at radius 1 is 1.04 bits per heavy atom. The van der Waals surface area contributed by atoms with E-state index in [0.717, 1.165) is 5.69 Å². The summed E-state index contributed by atoms with van der Waals surface area (Å²) in [5, 5.41) is 21.0. The van der Waals surface area contributed by atoms with Crippen LogP contribution < -0.4 is 10.2 Å². The summed E-state index contributed by atoms with van der Waals surface area (Å²) in [5.74, 6) is -2.76. The number of rotatable bonds is 7. The highest BCUT2D eigenvalue weighted by Gasteiger charge is 2.38. The Bertz CT molecular complexity index is 626. The van der Waals surface area contributed by atoms with Gasteiger partial charge in [-0.05, 0) is 24.3 Å². The van der Waals surface area contributed by atoms with Crippen LogP contribution in [0.25, 0.3) is 0 Å². The van der Waals surface area contributed by atoms with Gasteiger partial charge in [-0.3, -0.25) is 0 Å². The van der Waals surface area contributed by atoms with Gasteiger partial charge in [0.05, 0.1) is 13.2 Å². The highest BCUT2D eigenvalue weighted by atomic mass is 16.7. The van der Waals surface area contributed by atoms with Crippen molar-refractivity contribution in [1.82, 2.24) is 0 Å². The summed E-state index contributed by atoms with van der Waals surface area (Å²) in [6.45, 7) is 3.74. The summed E-state index contributed by atoms with van der Waals surface area (Å²) in [7, 11) is 0. The molecule has 1 heterocycles. The maximum absolute atomic E-state index is 11.8. The van der Waals surface area contributed by atoms with Crippen LogP contribution in [0.1, 0.15) is 13.8 Å². The van der Waals surface area contributed by atoms with Crippen LogP contribution in [0, 0.1) is 0 Å². The van der Waals surface area contributed by atoms with E-state index < -0.39 is 17.7 Å². The normalized spacial score (nSPS) is 16.1. The minimum Gasteiger partial charge on any atom is -0.419 e. The molecule has 1 aromatic carbocycles. The molecule has 1 aromatic rings. The number of nitrogens with zero attached hydrogens (tertiary/aromatic N) is 1. The van der Waals surface area contributed by atoms with Gasteiger partial charge in [0.1, 0.15) is 0 Å². The summed E-state index contributed by atoms with van der Waals surface area (Å²) < 4.78 is 10.0. The number of carbonyl (C=O) groups is 2. The number of nitrogens with one attached hydrogen (secondary N) is 1. The van der Waals surface area contributed by atoms with E-state index in [9.17, 15) is 9.59 Å². The molecule has 3 N–H and O–H groups in total. The number of ether oxygens (including phenoxy) is 2. The molecule has 8 nitrogen and oxygen atoms in total. The third-order valence-corrected chi connectivity index (χ3v) is 3.47. The maximum Gasteiger partial charge on any atom is 0.350 e. The van der Waals surface area contributed by atoms with Gasteiger partial charge < -0.3 is 29.9 Å². The Labute approximate surface area is 145 Å². The first-order valence-corrected chi connectivity index (χ1v) is 7.86. The van der Waals surface area contributed by atoms with Gasteiger partial charge in [-0.2, -0.15) is 0 Å². The highest BCUT2D eigenvalue weighted by molar-refractivity contribution is 6.15. The lowest BCUT2D eigenvalue weighted by atomic mass is 10.2. The van der Waals surface area contributed by atoms with Crippen molar-refractivity contribution in [3.8, 4) is 0 Å². The van der Waals surface area contributed by atoms with E-state index in [0.29, 0.717) is 18.8 Å². The van der Waals surface area contributed by atoms with E-state index in [1.54, 1.807) is 24.3 Å². The number of hydrogen-bond acceptors (Lipinski definition) is 8. The van der Waals surface area contributed by atoms with E-state index in [1.165, 1.54) is 20.0 Å². The number of benzene rings is 1.